The lowest BCUT2D eigenvalue weighted by molar-refractivity contribution is -0.305. The highest BCUT2D eigenvalue weighted by Crippen LogP contribution is 2.22. The first kappa shape index (κ1) is 33.2. The fourth-order valence-electron chi connectivity index (χ4n) is 4.37. The quantitative estimate of drug-likeness (QED) is 0.125. The van der Waals surface area contributed by atoms with Crippen molar-refractivity contribution >= 4 is 5.97 Å². The van der Waals surface area contributed by atoms with Gasteiger partial charge in [-0.15, -0.1) is 0 Å². The molecule has 1 heterocycles. The molecule has 0 amide bonds. The van der Waals surface area contributed by atoms with E-state index >= 15 is 0 Å². The topological polar surface area (TPSA) is 135 Å². The highest BCUT2D eigenvalue weighted by Gasteiger charge is 2.44. The molecule has 1 aliphatic rings. The minimum Gasteiger partial charge on any atom is -0.458 e. The van der Waals surface area contributed by atoms with Crippen molar-refractivity contribution in [1.82, 2.24) is 0 Å². The molecule has 0 spiro atoms. The lowest BCUT2D eigenvalue weighted by Crippen LogP contribution is -2.59. The van der Waals surface area contributed by atoms with Crippen LogP contribution < -0.4 is 0 Å². The standard InChI is InChI=1S/C27H52O9/c1-3-4-5-6-7-8-9-10-11-12-13-14-15-16-17-33-19-22(35-21(2)29)20-34-27-26(32)25(31)24(30)23(18-28)36-27/h22-28,30-32H,3-20H2,1-2H3. The summed E-state index contributed by atoms with van der Waals surface area (Å²) in [6.07, 6.45) is 10.5. The molecule has 1 saturated heterocycles. The van der Waals surface area contributed by atoms with Gasteiger partial charge in [0.2, 0.25) is 0 Å². The summed E-state index contributed by atoms with van der Waals surface area (Å²) in [6.45, 7) is 3.56. The first-order valence-electron chi connectivity index (χ1n) is 14.1. The third kappa shape index (κ3) is 14.8. The van der Waals surface area contributed by atoms with Crippen LogP contribution in [-0.2, 0) is 23.7 Å². The van der Waals surface area contributed by atoms with Gasteiger partial charge in [0.25, 0.3) is 0 Å². The van der Waals surface area contributed by atoms with Crippen molar-refractivity contribution in [1.29, 1.82) is 0 Å². The normalized spacial score (nSPS) is 25.1. The van der Waals surface area contributed by atoms with Gasteiger partial charge in [-0.3, -0.25) is 4.79 Å². The van der Waals surface area contributed by atoms with E-state index in [-0.39, 0.29) is 13.2 Å². The Hall–Kier alpha value is -0.810. The van der Waals surface area contributed by atoms with Gasteiger partial charge in [0.05, 0.1) is 19.8 Å². The van der Waals surface area contributed by atoms with Gasteiger partial charge in [0.1, 0.15) is 30.5 Å². The molecule has 9 heteroatoms. The molecule has 0 bridgehead atoms. The molecule has 0 aromatic heterocycles. The number of aliphatic hydroxyl groups is 4. The average molecular weight is 521 g/mol. The highest BCUT2D eigenvalue weighted by atomic mass is 16.7. The second-order valence-electron chi connectivity index (χ2n) is 9.93. The van der Waals surface area contributed by atoms with Crippen LogP contribution >= 0.6 is 0 Å². The number of rotatable bonds is 22. The van der Waals surface area contributed by atoms with Crippen LogP contribution in [0.5, 0.6) is 0 Å². The van der Waals surface area contributed by atoms with Crippen LogP contribution in [0.2, 0.25) is 0 Å². The first-order valence-corrected chi connectivity index (χ1v) is 14.1. The molecule has 4 N–H and O–H groups in total. The molecule has 0 radical (unpaired) electrons. The minimum absolute atomic E-state index is 0.124. The lowest BCUT2D eigenvalue weighted by Gasteiger charge is -2.39. The molecular weight excluding hydrogens is 468 g/mol. The number of hydrogen-bond acceptors (Lipinski definition) is 9. The van der Waals surface area contributed by atoms with Crippen molar-refractivity contribution in [2.75, 3.05) is 26.4 Å². The van der Waals surface area contributed by atoms with E-state index < -0.39 is 49.4 Å². The van der Waals surface area contributed by atoms with Crippen molar-refractivity contribution < 1.29 is 44.2 Å². The van der Waals surface area contributed by atoms with Crippen LogP contribution in [0.4, 0.5) is 0 Å². The molecule has 214 valence electrons. The van der Waals surface area contributed by atoms with Gasteiger partial charge in [0, 0.05) is 13.5 Å². The molecule has 36 heavy (non-hydrogen) atoms. The smallest absolute Gasteiger partial charge is 0.303 e. The third-order valence-corrected chi connectivity index (χ3v) is 6.57. The van der Waals surface area contributed by atoms with Crippen LogP contribution in [0.1, 0.15) is 104 Å². The number of carbonyl (C=O) groups is 1. The van der Waals surface area contributed by atoms with Gasteiger partial charge in [0.15, 0.2) is 6.29 Å². The summed E-state index contributed by atoms with van der Waals surface area (Å²) in [5.41, 5.74) is 0. The summed E-state index contributed by atoms with van der Waals surface area (Å²) in [6, 6.07) is 0. The summed E-state index contributed by atoms with van der Waals surface area (Å²) in [4.78, 5) is 11.4. The van der Waals surface area contributed by atoms with Crippen molar-refractivity contribution in [3.05, 3.63) is 0 Å². The zero-order valence-electron chi connectivity index (χ0n) is 22.5. The Bertz CT molecular complexity index is 531. The van der Waals surface area contributed by atoms with Gasteiger partial charge in [-0.1, -0.05) is 90.4 Å². The Morgan fingerprint density at radius 3 is 1.81 bits per heavy atom. The van der Waals surface area contributed by atoms with E-state index in [0.29, 0.717) is 6.61 Å². The zero-order valence-corrected chi connectivity index (χ0v) is 22.5. The molecule has 6 unspecified atom stereocenters. The lowest BCUT2D eigenvalue weighted by atomic mass is 9.99. The van der Waals surface area contributed by atoms with E-state index in [0.717, 1.165) is 12.8 Å². The van der Waals surface area contributed by atoms with Crippen LogP contribution in [0.15, 0.2) is 0 Å². The van der Waals surface area contributed by atoms with E-state index in [2.05, 4.69) is 6.92 Å². The molecule has 0 saturated carbocycles. The molecule has 1 fully saturated rings. The molecule has 1 aliphatic heterocycles. The third-order valence-electron chi connectivity index (χ3n) is 6.57. The number of esters is 1. The minimum atomic E-state index is -1.52. The van der Waals surface area contributed by atoms with Gasteiger partial charge in [-0.2, -0.15) is 0 Å². The van der Waals surface area contributed by atoms with Gasteiger partial charge in [-0.05, 0) is 6.42 Å². The van der Waals surface area contributed by atoms with Gasteiger partial charge in [-0.25, -0.2) is 0 Å². The van der Waals surface area contributed by atoms with Crippen molar-refractivity contribution in [2.24, 2.45) is 0 Å². The van der Waals surface area contributed by atoms with E-state index in [1.54, 1.807) is 0 Å². The van der Waals surface area contributed by atoms with Gasteiger partial charge < -0.3 is 39.4 Å². The van der Waals surface area contributed by atoms with Crippen LogP contribution in [0.3, 0.4) is 0 Å². The first-order chi connectivity index (χ1) is 17.4. The predicted molar refractivity (Wildman–Crippen MR) is 136 cm³/mol. The predicted octanol–water partition coefficient (Wildman–Crippen LogP) is 3.23. The molecule has 9 nitrogen and oxygen atoms in total. The summed E-state index contributed by atoms with van der Waals surface area (Å²) in [5.74, 6) is -0.488. The summed E-state index contributed by atoms with van der Waals surface area (Å²) < 4.78 is 21.7. The monoisotopic (exact) mass is 520 g/mol. The number of hydrogen-bond donors (Lipinski definition) is 4. The maximum Gasteiger partial charge on any atom is 0.303 e. The number of carbonyl (C=O) groups excluding carboxylic acids is 1. The summed E-state index contributed by atoms with van der Waals surface area (Å²) >= 11 is 0. The SMILES string of the molecule is CCCCCCCCCCCCCCCCOCC(COC1OC(CO)C(O)C(O)C1O)OC(C)=O. The van der Waals surface area contributed by atoms with E-state index in [9.17, 15) is 25.2 Å². The maximum atomic E-state index is 11.4. The summed E-state index contributed by atoms with van der Waals surface area (Å²) in [7, 11) is 0. The van der Waals surface area contributed by atoms with Crippen molar-refractivity contribution in [3.63, 3.8) is 0 Å². The fourth-order valence-corrected chi connectivity index (χ4v) is 4.37. The van der Waals surface area contributed by atoms with E-state index in [1.165, 1.54) is 84.0 Å². The van der Waals surface area contributed by atoms with Crippen molar-refractivity contribution in [2.45, 2.75) is 141 Å². The fraction of sp³-hybridized carbons (Fsp3) is 0.963. The Kier molecular flexibility index (Phi) is 19.5. The van der Waals surface area contributed by atoms with E-state index in [4.69, 9.17) is 18.9 Å². The molecule has 1 rings (SSSR count). The highest BCUT2D eigenvalue weighted by molar-refractivity contribution is 5.66. The molecule has 0 aromatic carbocycles. The largest absolute Gasteiger partial charge is 0.458 e. The Morgan fingerprint density at radius 2 is 1.31 bits per heavy atom. The Labute approximate surface area is 217 Å². The van der Waals surface area contributed by atoms with Crippen LogP contribution in [-0.4, -0.2) is 89.6 Å². The zero-order chi connectivity index (χ0) is 26.6. The molecular formula is C27H52O9. The number of aliphatic hydroxyl groups excluding tert-OH is 4. The molecule has 0 aliphatic carbocycles. The van der Waals surface area contributed by atoms with Crippen LogP contribution in [0, 0.1) is 0 Å². The Balaban J connectivity index is 2.09. The molecule has 0 aromatic rings. The van der Waals surface area contributed by atoms with E-state index in [1.807, 2.05) is 0 Å². The average Bonchev–Trinajstić information content (AvgIpc) is 2.86. The maximum absolute atomic E-state index is 11.4. The van der Waals surface area contributed by atoms with Crippen LogP contribution in [0.25, 0.3) is 0 Å². The summed E-state index contributed by atoms with van der Waals surface area (Å²) in [5, 5.41) is 39.0. The number of ether oxygens (including phenoxy) is 4. The second-order valence-corrected chi connectivity index (χ2v) is 9.93. The van der Waals surface area contributed by atoms with Gasteiger partial charge >= 0.3 is 5.97 Å². The second kappa shape index (κ2) is 21.2. The van der Waals surface area contributed by atoms with Crippen molar-refractivity contribution in [3.8, 4) is 0 Å². The molecule has 6 atom stereocenters. The number of unbranched alkanes of at least 4 members (excludes halogenated alkanes) is 13. The Morgan fingerprint density at radius 1 is 0.778 bits per heavy atom.